The van der Waals surface area contributed by atoms with E-state index in [-0.39, 0.29) is 5.78 Å². The average molecular weight is 334 g/mol. The van der Waals surface area contributed by atoms with Crippen LogP contribution in [0.25, 0.3) is 0 Å². The summed E-state index contributed by atoms with van der Waals surface area (Å²) in [6.07, 6.45) is 0.934. The van der Waals surface area contributed by atoms with Crippen LogP contribution in [0.1, 0.15) is 29.3 Å². The third kappa shape index (κ3) is 3.39. The quantitative estimate of drug-likeness (QED) is 0.663. The Balaban J connectivity index is 2.26. The average Bonchev–Trinajstić information content (AvgIpc) is 2.47. The molecule has 0 fully saturated rings. The van der Waals surface area contributed by atoms with Crippen LogP contribution in [-0.2, 0) is 0 Å². The fourth-order valence-electron chi connectivity index (χ4n) is 1.78. The van der Waals surface area contributed by atoms with Crippen LogP contribution in [0.2, 0.25) is 0 Å². The summed E-state index contributed by atoms with van der Waals surface area (Å²) in [5, 5.41) is 0. The van der Waals surface area contributed by atoms with Gasteiger partial charge in [-0.1, -0.05) is 19.1 Å². The Bertz CT molecular complexity index is 626. The number of ether oxygens (including phenoxy) is 1. The molecule has 0 saturated carbocycles. The summed E-state index contributed by atoms with van der Waals surface area (Å²) in [5.74, 6) is 0.667. The zero-order valence-electron chi connectivity index (χ0n) is 11.2. The molecule has 2 aromatic carbocycles. The largest absolute Gasteiger partial charge is 0.494 e. The molecule has 0 aromatic heterocycles. The van der Waals surface area contributed by atoms with Crippen molar-refractivity contribution in [2.24, 2.45) is 0 Å². The third-order valence-corrected chi connectivity index (χ3v) is 3.52. The maximum absolute atomic E-state index is 12.4. The Labute approximate surface area is 126 Å². The Hall–Kier alpha value is -1.81. The summed E-state index contributed by atoms with van der Waals surface area (Å²) in [6.45, 7) is 2.69. The predicted molar refractivity (Wildman–Crippen MR) is 84.2 cm³/mol. The van der Waals surface area contributed by atoms with Crippen molar-refractivity contribution in [3.63, 3.8) is 0 Å². The topological polar surface area (TPSA) is 52.3 Å². The van der Waals surface area contributed by atoms with Gasteiger partial charge in [-0.15, -0.1) is 0 Å². The molecule has 3 nitrogen and oxygen atoms in total. The summed E-state index contributed by atoms with van der Waals surface area (Å²) in [7, 11) is 0. The summed E-state index contributed by atoms with van der Waals surface area (Å²) in [5.41, 5.74) is 7.54. The van der Waals surface area contributed by atoms with E-state index in [9.17, 15) is 4.79 Å². The van der Waals surface area contributed by atoms with Crippen molar-refractivity contribution in [2.45, 2.75) is 13.3 Å². The lowest BCUT2D eigenvalue weighted by molar-refractivity contribution is 0.103. The molecule has 2 N–H and O–H groups in total. The first kappa shape index (κ1) is 14.6. The molecule has 0 unspecified atom stereocenters. The maximum Gasteiger partial charge on any atom is 0.193 e. The second-order valence-electron chi connectivity index (χ2n) is 4.44. The highest BCUT2D eigenvalue weighted by molar-refractivity contribution is 9.10. The fraction of sp³-hybridized carbons (Fsp3) is 0.188. The smallest absolute Gasteiger partial charge is 0.193 e. The molecule has 2 rings (SSSR count). The van der Waals surface area contributed by atoms with E-state index in [1.807, 2.05) is 19.1 Å². The van der Waals surface area contributed by atoms with Crippen molar-refractivity contribution < 1.29 is 9.53 Å². The van der Waals surface area contributed by atoms with Gasteiger partial charge in [0.2, 0.25) is 0 Å². The number of carbonyl (C=O) groups excluding carboxylic acids is 1. The summed E-state index contributed by atoms with van der Waals surface area (Å²) in [4.78, 5) is 12.4. The first-order chi connectivity index (χ1) is 9.61. The van der Waals surface area contributed by atoms with E-state index < -0.39 is 0 Å². The van der Waals surface area contributed by atoms with Crippen LogP contribution in [-0.4, -0.2) is 12.4 Å². The third-order valence-electron chi connectivity index (χ3n) is 2.83. The van der Waals surface area contributed by atoms with Crippen molar-refractivity contribution in [3.05, 3.63) is 58.1 Å². The normalized spacial score (nSPS) is 10.3. The van der Waals surface area contributed by atoms with Crippen LogP contribution in [0.5, 0.6) is 5.75 Å². The van der Waals surface area contributed by atoms with E-state index >= 15 is 0 Å². The number of benzene rings is 2. The minimum atomic E-state index is -0.0485. The summed E-state index contributed by atoms with van der Waals surface area (Å²) >= 11 is 3.33. The lowest BCUT2D eigenvalue weighted by atomic mass is 10.0. The highest BCUT2D eigenvalue weighted by atomic mass is 79.9. The van der Waals surface area contributed by atoms with Gasteiger partial charge in [0.05, 0.1) is 6.61 Å². The van der Waals surface area contributed by atoms with Gasteiger partial charge in [0.15, 0.2) is 5.78 Å². The second kappa shape index (κ2) is 6.57. The van der Waals surface area contributed by atoms with E-state index in [1.54, 1.807) is 30.3 Å². The number of hydrogen-bond acceptors (Lipinski definition) is 3. The Morgan fingerprint density at radius 2 is 1.95 bits per heavy atom. The standard InChI is InChI=1S/C16H16BrNO2/c1-2-8-20-13-5-3-4-11(9-13)16(19)12-6-7-15(18)14(17)10-12/h3-7,9-10H,2,8,18H2,1H3. The molecule has 0 heterocycles. The van der Waals surface area contributed by atoms with Crippen LogP contribution < -0.4 is 10.5 Å². The van der Waals surface area contributed by atoms with Crippen molar-refractivity contribution in [3.8, 4) is 5.75 Å². The maximum atomic E-state index is 12.4. The molecule has 0 aliphatic carbocycles. The van der Waals surface area contributed by atoms with E-state index in [0.29, 0.717) is 29.2 Å². The molecule has 20 heavy (non-hydrogen) atoms. The number of halogens is 1. The molecular formula is C16H16BrNO2. The molecule has 0 aliphatic rings. The number of hydrogen-bond donors (Lipinski definition) is 1. The predicted octanol–water partition coefficient (Wildman–Crippen LogP) is 4.05. The molecule has 0 aliphatic heterocycles. The summed E-state index contributed by atoms with van der Waals surface area (Å²) < 4.78 is 6.27. The Morgan fingerprint density at radius 1 is 1.20 bits per heavy atom. The molecule has 104 valence electrons. The number of ketones is 1. The highest BCUT2D eigenvalue weighted by Crippen LogP contribution is 2.23. The number of nitrogens with two attached hydrogens (primary N) is 1. The van der Waals surface area contributed by atoms with Crippen molar-refractivity contribution in [2.75, 3.05) is 12.3 Å². The number of carbonyl (C=O) groups is 1. The van der Waals surface area contributed by atoms with Gasteiger partial charge in [-0.3, -0.25) is 4.79 Å². The first-order valence-electron chi connectivity index (χ1n) is 6.44. The molecular weight excluding hydrogens is 318 g/mol. The van der Waals surface area contributed by atoms with Crippen molar-refractivity contribution >= 4 is 27.4 Å². The molecule has 0 bridgehead atoms. The molecule has 4 heteroatoms. The van der Waals surface area contributed by atoms with Gasteiger partial charge >= 0.3 is 0 Å². The van der Waals surface area contributed by atoms with Gasteiger partial charge in [0.25, 0.3) is 0 Å². The lowest BCUT2D eigenvalue weighted by Crippen LogP contribution is -2.03. The van der Waals surface area contributed by atoms with Gasteiger partial charge in [0, 0.05) is 21.3 Å². The fourth-order valence-corrected chi connectivity index (χ4v) is 2.16. The highest BCUT2D eigenvalue weighted by Gasteiger charge is 2.11. The van der Waals surface area contributed by atoms with Crippen LogP contribution >= 0.6 is 15.9 Å². The number of anilines is 1. The van der Waals surface area contributed by atoms with E-state index in [1.165, 1.54) is 0 Å². The molecule has 2 aromatic rings. The molecule has 0 radical (unpaired) electrons. The first-order valence-corrected chi connectivity index (χ1v) is 7.23. The molecule has 0 atom stereocenters. The van der Waals surface area contributed by atoms with E-state index in [4.69, 9.17) is 10.5 Å². The Morgan fingerprint density at radius 3 is 2.65 bits per heavy atom. The minimum absolute atomic E-state index is 0.0485. The molecule has 0 spiro atoms. The van der Waals surface area contributed by atoms with Gasteiger partial charge in [-0.2, -0.15) is 0 Å². The van der Waals surface area contributed by atoms with Gasteiger partial charge in [0.1, 0.15) is 5.75 Å². The second-order valence-corrected chi connectivity index (χ2v) is 5.30. The molecule has 0 saturated heterocycles. The van der Waals surface area contributed by atoms with Crippen LogP contribution in [0.15, 0.2) is 46.9 Å². The lowest BCUT2D eigenvalue weighted by Gasteiger charge is -2.07. The SMILES string of the molecule is CCCOc1cccc(C(=O)c2ccc(N)c(Br)c2)c1. The van der Waals surface area contributed by atoms with Gasteiger partial charge in [-0.25, -0.2) is 0 Å². The molecule has 0 amide bonds. The zero-order valence-corrected chi connectivity index (χ0v) is 12.8. The van der Waals surface area contributed by atoms with Gasteiger partial charge in [-0.05, 0) is 52.7 Å². The zero-order chi connectivity index (χ0) is 14.5. The minimum Gasteiger partial charge on any atom is -0.494 e. The van der Waals surface area contributed by atoms with Crippen LogP contribution in [0.3, 0.4) is 0 Å². The monoisotopic (exact) mass is 333 g/mol. The van der Waals surface area contributed by atoms with Crippen LogP contribution in [0, 0.1) is 0 Å². The van der Waals surface area contributed by atoms with Gasteiger partial charge < -0.3 is 10.5 Å². The van der Waals surface area contributed by atoms with Crippen LogP contribution in [0.4, 0.5) is 5.69 Å². The van der Waals surface area contributed by atoms with E-state index in [2.05, 4.69) is 15.9 Å². The van der Waals surface area contributed by atoms with Crippen molar-refractivity contribution in [1.82, 2.24) is 0 Å². The Kier molecular flexibility index (Phi) is 4.79. The number of rotatable bonds is 5. The number of nitrogen functional groups attached to an aromatic ring is 1. The van der Waals surface area contributed by atoms with E-state index in [0.717, 1.165) is 10.9 Å². The van der Waals surface area contributed by atoms with Crippen molar-refractivity contribution in [1.29, 1.82) is 0 Å². The summed E-state index contributed by atoms with van der Waals surface area (Å²) in [6, 6.07) is 12.4.